The van der Waals surface area contributed by atoms with Crippen LogP contribution < -0.4 is 10.5 Å². The normalized spacial score (nSPS) is 26.6. The van der Waals surface area contributed by atoms with Gasteiger partial charge in [0.15, 0.2) is 5.78 Å². The van der Waals surface area contributed by atoms with Gasteiger partial charge in [0.2, 0.25) is 0 Å². The van der Waals surface area contributed by atoms with Gasteiger partial charge in [0, 0.05) is 11.8 Å². The van der Waals surface area contributed by atoms with Crippen LogP contribution in [0.5, 0.6) is 5.75 Å². The molecule has 1 heterocycles. The van der Waals surface area contributed by atoms with Crippen LogP contribution in [0.4, 0.5) is 0 Å². The Labute approximate surface area is 120 Å². The molecule has 0 spiro atoms. The predicted octanol–water partition coefficient (Wildman–Crippen LogP) is 2.96. The van der Waals surface area contributed by atoms with Gasteiger partial charge < -0.3 is 10.5 Å². The molecule has 2 rings (SSSR count). The van der Waals surface area contributed by atoms with Gasteiger partial charge in [-0.15, -0.1) is 0 Å². The highest BCUT2D eigenvalue weighted by molar-refractivity contribution is 6.03. The lowest BCUT2D eigenvalue weighted by Gasteiger charge is -2.35. The fraction of sp³-hybridized carbons (Fsp3) is 0.625. The van der Waals surface area contributed by atoms with Crippen LogP contribution in [-0.4, -0.2) is 22.4 Å². The first-order valence-corrected chi connectivity index (χ1v) is 7.36. The third kappa shape index (κ3) is 3.37. The summed E-state index contributed by atoms with van der Waals surface area (Å²) >= 11 is 0. The zero-order valence-electron chi connectivity index (χ0n) is 12.6. The first kappa shape index (κ1) is 15.0. The lowest BCUT2D eigenvalue weighted by atomic mass is 9.73. The zero-order valence-corrected chi connectivity index (χ0v) is 12.6. The Morgan fingerprint density at radius 3 is 2.90 bits per heavy atom. The van der Waals surface area contributed by atoms with Crippen molar-refractivity contribution in [3.8, 4) is 5.75 Å². The second kappa shape index (κ2) is 5.92. The summed E-state index contributed by atoms with van der Waals surface area (Å²) in [5.74, 6) is 1.12. The van der Waals surface area contributed by atoms with Crippen LogP contribution in [0.3, 0.4) is 0 Å². The van der Waals surface area contributed by atoms with Crippen molar-refractivity contribution in [2.75, 3.05) is 0 Å². The lowest BCUT2D eigenvalue weighted by Crippen LogP contribution is -2.51. The number of aromatic nitrogens is 1. The Morgan fingerprint density at radius 1 is 1.50 bits per heavy atom. The first-order valence-electron chi connectivity index (χ1n) is 7.36. The maximum Gasteiger partial charge on any atom is 0.184 e. The molecule has 1 aliphatic rings. The van der Waals surface area contributed by atoms with Gasteiger partial charge >= 0.3 is 0 Å². The summed E-state index contributed by atoms with van der Waals surface area (Å²) in [7, 11) is 0. The van der Waals surface area contributed by atoms with Crippen molar-refractivity contribution in [3.63, 3.8) is 0 Å². The SMILES string of the molecule is CC1CCCC(N)(C(=O)c2cncc(OC(C)C)c2)C1. The number of carbonyl (C=O) groups is 1. The molecule has 0 bridgehead atoms. The molecular weight excluding hydrogens is 252 g/mol. The van der Waals surface area contributed by atoms with E-state index in [9.17, 15) is 4.79 Å². The van der Waals surface area contributed by atoms with E-state index in [0.29, 0.717) is 17.2 Å². The summed E-state index contributed by atoms with van der Waals surface area (Å²) < 4.78 is 5.59. The second-order valence-corrected chi connectivity index (χ2v) is 6.26. The predicted molar refractivity (Wildman–Crippen MR) is 78.9 cm³/mol. The number of Topliss-reactive ketones (excluding diaryl/α,β-unsaturated/α-hetero) is 1. The molecule has 110 valence electrons. The van der Waals surface area contributed by atoms with Crippen LogP contribution in [0.25, 0.3) is 0 Å². The van der Waals surface area contributed by atoms with Gasteiger partial charge in [-0.3, -0.25) is 9.78 Å². The second-order valence-electron chi connectivity index (χ2n) is 6.26. The van der Waals surface area contributed by atoms with Gasteiger partial charge in [-0.1, -0.05) is 19.8 Å². The van der Waals surface area contributed by atoms with E-state index in [1.54, 1.807) is 18.5 Å². The number of nitrogens with two attached hydrogens (primary N) is 1. The lowest BCUT2D eigenvalue weighted by molar-refractivity contribution is 0.0818. The van der Waals surface area contributed by atoms with Crippen molar-refractivity contribution < 1.29 is 9.53 Å². The van der Waals surface area contributed by atoms with Crippen LogP contribution in [0.1, 0.15) is 56.8 Å². The number of hydrogen-bond donors (Lipinski definition) is 1. The zero-order chi connectivity index (χ0) is 14.8. The number of hydrogen-bond acceptors (Lipinski definition) is 4. The molecule has 0 saturated heterocycles. The quantitative estimate of drug-likeness (QED) is 0.859. The highest BCUT2D eigenvalue weighted by Crippen LogP contribution is 2.33. The van der Waals surface area contributed by atoms with E-state index < -0.39 is 5.54 Å². The molecule has 1 saturated carbocycles. The van der Waals surface area contributed by atoms with Crippen molar-refractivity contribution in [2.45, 2.75) is 58.1 Å². The van der Waals surface area contributed by atoms with Crippen LogP contribution in [0.15, 0.2) is 18.5 Å². The molecule has 2 N–H and O–H groups in total. The van der Waals surface area contributed by atoms with Crippen LogP contribution in [0.2, 0.25) is 0 Å². The molecule has 1 fully saturated rings. The number of ether oxygens (including phenoxy) is 1. The number of nitrogens with zero attached hydrogens (tertiary/aromatic N) is 1. The molecule has 1 aromatic heterocycles. The van der Waals surface area contributed by atoms with E-state index in [4.69, 9.17) is 10.5 Å². The number of pyridine rings is 1. The maximum atomic E-state index is 12.7. The van der Waals surface area contributed by atoms with E-state index in [-0.39, 0.29) is 11.9 Å². The Bertz CT molecular complexity index is 487. The minimum absolute atomic E-state index is 0.00856. The van der Waals surface area contributed by atoms with E-state index in [0.717, 1.165) is 25.7 Å². The van der Waals surface area contributed by atoms with Crippen LogP contribution in [-0.2, 0) is 0 Å². The highest BCUT2D eigenvalue weighted by Gasteiger charge is 2.38. The fourth-order valence-electron chi connectivity index (χ4n) is 2.97. The molecule has 0 radical (unpaired) electrons. The Hall–Kier alpha value is -1.42. The molecule has 0 aromatic carbocycles. The van der Waals surface area contributed by atoms with Gasteiger partial charge in [0.05, 0.1) is 17.8 Å². The molecule has 1 aliphatic carbocycles. The Kier molecular flexibility index (Phi) is 4.43. The number of ketones is 1. The molecule has 20 heavy (non-hydrogen) atoms. The van der Waals surface area contributed by atoms with Gasteiger partial charge in [0.25, 0.3) is 0 Å². The maximum absolute atomic E-state index is 12.7. The van der Waals surface area contributed by atoms with Crippen LogP contribution in [0, 0.1) is 5.92 Å². The van der Waals surface area contributed by atoms with Gasteiger partial charge in [0.1, 0.15) is 5.75 Å². The monoisotopic (exact) mass is 276 g/mol. The van der Waals surface area contributed by atoms with Crippen molar-refractivity contribution in [1.82, 2.24) is 4.98 Å². The smallest absolute Gasteiger partial charge is 0.184 e. The minimum Gasteiger partial charge on any atom is -0.489 e. The molecule has 4 heteroatoms. The third-order valence-corrected chi connectivity index (χ3v) is 3.83. The van der Waals surface area contributed by atoms with E-state index in [2.05, 4.69) is 11.9 Å². The summed E-state index contributed by atoms with van der Waals surface area (Å²) in [6.45, 7) is 6.05. The highest BCUT2D eigenvalue weighted by atomic mass is 16.5. The van der Waals surface area contributed by atoms with Gasteiger partial charge in [-0.2, -0.15) is 0 Å². The minimum atomic E-state index is -0.740. The summed E-state index contributed by atoms with van der Waals surface area (Å²) in [6, 6.07) is 1.75. The van der Waals surface area contributed by atoms with E-state index >= 15 is 0 Å². The average molecular weight is 276 g/mol. The van der Waals surface area contributed by atoms with Crippen molar-refractivity contribution in [1.29, 1.82) is 0 Å². The Balaban J connectivity index is 2.20. The van der Waals surface area contributed by atoms with Crippen molar-refractivity contribution >= 4 is 5.78 Å². The van der Waals surface area contributed by atoms with Crippen molar-refractivity contribution in [2.24, 2.45) is 11.7 Å². The molecule has 1 aromatic rings. The number of rotatable bonds is 4. The summed E-state index contributed by atoms with van der Waals surface area (Å²) in [4.78, 5) is 16.8. The van der Waals surface area contributed by atoms with Gasteiger partial charge in [-0.25, -0.2) is 0 Å². The number of carbonyl (C=O) groups excluding carboxylic acids is 1. The molecule has 0 amide bonds. The molecule has 4 nitrogen and oxygen atoms in total. The van der Waals surface area contributed by atoms with E-state index in [1.807, 2.05) is 13.8 Å². The molecule has 2 unspecified atom stereocenters. The van der Waals surface area contributed by atoms with Crippen molar-refractivity contribution in [3.05, 3.63) is 24.0 Å². The molecular formula is C16H24N2O2. The fourth-order valence-corrected chi connectivity index (χ4v) is 2.97. The third-order valence-electron chi connectivity index (χ3n) is 3.83. The standard InChI is InChI=1S/C16H24N2O2/c1-11(2)20-14-7-13(9-18-10-14)15(19)16(17)6-4-5-12(3)8-16/h7,9-12H,4-6,8,17H2,1-3H3. The van der Waals surface area contributed by atoms with Gasteiger partial charge in [-0.05, 0) is 38.7 Å². The summed E-state index contributed by atoms with van der Waals surface area (Å²) in [6.07, 6.45) is 6.95. The largest absolute Gasteiger partial charge is 0.489 e. The molecule has 2 atom stereocenters. The summed E-state index contributed by atoms with van der Waals surface area (Å²) in [5.41, 5.74) is 6.17. The first-order chi connectivity index (χ1) is 9.40. The Morgan fingerprint density at radius 2 is 2.25 bits per heavy atom. The van der Waals surface area contributed by atoms with Crippen LogP contribution >= 0.6 is 0 Å². The average Bonchev–Trinajstić information content (AvgIpc) is 2.37. The molecule has 0 aliphatic heterocycles. The summed E-state index contributed by atoms with van der Waals surface area (Å²) in [5, 5.41) is 0. The van der Waals surface area contributed by atoms with E-state index in [1.165, 1.54) is 0 Å². The topological polar surface area (TPSA) is 65.2 Å².